The van der Waals surface area contributed by atoms with E-state index in [0.717, 1.165) is 12.8 Å². The van der Waals surface area contributed by atoms with Crippen LogP contribution >= 0.6 is 0 Å². The number of ether oxygens (including phenoxy) is 1. The zero-order valence-corrected chi connectivity index (χ0v) is 11.7. The number of aromatic nitrogens is 1. The number of fused-ring (bicyclic) bond motifs is 1. The predicted molar refractivity (Wildman–Crippen MR) is 81.8 cm³/mol. The highest BCUT2D eigenvalue weighted by molar-refractivity contribution is 5.80. The van der Waals surface area contributed by atoms with E-state index in [1.165, 1.54) is 5.56 Å². The number of oxazole rings is 1. The standard InChI is InChI=1S/C16H16N2O3/c1-2-3-10-4-6-11(7-5-10)20-14-9-13-15(8-12(14)17)21-16(19)18-13/h4-9H,2-3,17H2,1H3,(H,18,19). The van der Waals surface area contributed by atoms with E-state index >= 15 is 0 Å². The Labute approximate surface area is 121 Å². The lowest BCUT2D eigenvalue weighted by Gasteiger charge is -2.09. The van der Waals surface area contributed by atoms with E-state index in [0.29, 0.717) is 28.3 Å². The number of rotatable bonds is 4. The highest BCUT2D eigenvalue weighted by Gasteiger charge is 2.08. The number of aromatic amines is 1. The number of benzene rings is 2. The molecule has 0 aliphatic carbocycles. The summed E-state index contributed by atoms with van der Waals surface area (Å²) in [4.78, 5) is 13.7. The van der Waals surface area contributed by atoms with E-state index in [9.17, 15) is 4.79 Å². The number of nitrogens with two attached hydrogens (primary N) is 1. The summed E-state index contributed by atoms with van der Waals surface area (Å²) in [7, 11) is 0. The Morgan fingerprint density at radius 1 is 1.24 bits per heavy atom. The first-order valence-electron chi connectivity index (χ1n) is 6.85. The van der Waals surface area contributed by atoms with Gasteiger partial charge in [-0.05, 0) is 24.1 Å². The lowest BCUT2D eigenvalue weighted by molar-refractivity contribution is 0.485. The maximum Gasteiger partial charge on any atom is 0.417 e. The van der Waals surface area contributed by atoms with Crippen molar-refractivity contribution in [2.24, 2.45) is 0 Å². The van der Waals surface area contributed by atoms with E-state index in [-0.39, 0.29) is 0 Å². The highest BCUT2D eigenvalue weighted by Crippen LogP contribution is 2.31. The average molecular weight is 284 g/mol. The van der Waals surface area contributed by atoms with Gasteiger partial charge in [-0.15, -0.1) is 0 Å². The number of aryl methyl sites for hydroxylation is 1. The molecule has 108 valence electrons. The normalized spacial score (nSPS) is 10.9. The summed E-state index contributed by atoms with van der Waals surface area (Å²) in [5.41, 5.74) is 8.59. The molecule has 0 aliphatic rings. The molecule has 3 aromatic rings. The number of hydrogen-bond acceptors (Lipinski definition) is 4. The van der Waals surface area contributed by atoms with Crippen LogP contribution < -0.4 is 16.2 Å². The molecule has 1 heterocycles. The summed E-state index contributed by atoms with van der Waals surface area (Å²) in [5, 5.41) is 0. The van der Waals surface area contributed by atoms with E-state index in [1.807, 2.05) is 24.3 Å². The topological polar surface area (TPSA) is 81.2 Å². The van der Waals surface area contributed by atoms with Crippen LogP contribution in [-0.4, -0.2) is 4.98 Å². The molecule has 5 heteroatoms. The summed E-state index contributed by atoms with van der Waals surface area (Å²) in [5.74, 6) is 0.681. The Kier molecular flexibility index (Phi) is 3.39. The van der Waals surface area contributed by atoms with Gasteiger partial charge in [-0.2, -0.15) is 0 Å². The van der Waals surface area contributed by atoms with Gasteiger partial charge in [-0.3, -0.25) is 4.98 Å². The van der Waals surface area contributed by atoms with Crippen molar-refractivity contribution in [2.75, 3.05) is 5.73 Å². The molecule has 3 rings (SSSR count). The van der Waals surface area contributed by atoms with Gasteiger partial charge in [0.05, 0.1) is 11.2 Å². The Morgan fingerprint density at radius 2 is 2.00 bits per heavy atom. The van der Waals surface area contributed by atoms with E-state index in [1.54, 1.807) is 12.1 Å². The third-order valence-corrected chi connectivity index (χ3v) is 3.24. The van der Waals surface area contributed by atoms with Gasteiger partial charge < -0.3 is 14.9 Å². The third kappa shape index (κ3) is 2.76. The van der Waals surface area contributed by atoms with Crippen LogP contribution in [0, 0.1) is 0 Å². The summed E-state index contributed by atoms with van der Waals surface area (Å²) in [6.45, 7) is 2.14. The van der Waals surface area contributed by atoms with Crippen LogP contribution in [0.2, 0.25) is 0 Å². The fourth-order valence-electron chi connectivity index (χ4n) is 2.22. The first-order chi connectivity index (χ1) is 10.2. The van der Waals surface area contributed by atoms with Crippen LogP contribution in [0.25, 0.3) is 11.1 Å². The van der Waals surface area contributed by atoms with E-state index < -0.39 is 5.76 Å². The number of nitrogen functional groups attached to an aromatic ring is 1. The molecule has 1 aromatic heterocycles. The molecule has 0 radical (unpaired) electrons. The lowest BCUT2D eigenvalue weighted by atomic mass is 10.1. The van der Waals surface area contributed by atoms with Crippen molar-refractivity contribution in [1.82, 2.24) is 4.98 Å². The molecule has 2 aromatic carbocycles. The van der Waals surface area contributed by atoms with Crippen molar-refractivity contribution in [3.63, 3.8) is 0 Å². The van der Waals surface area contributed by atoms with Gasteiger partial charge in [-0.1, -0.05) is 25.5 Å². The van der Waals surface area contributed by atoms with Crippen LogP contribution in [0.3, 0.4) is 0 Å². The lowest BCUT2D eigenvalue weighted by Crippen LogP contribution is -1.93. The molecule has 0 saturated carbocycles. The van der Waals surface area contributed by atoms with Crippen molar-refractivity contribution < 1.29 is 9.15 Å². The Bertz CT molecular complexity index is 816. The van der Waals surface area contributed by atoms with Gasteiger partial charge in [0.1, 0.15) is 5.75 Å². The maximum absolute atomic E-state index is 11.2. The Hall–Kier alpha value is -2.69. The second-order valence-electron chi connectivity index (χ2n) is 4.90. The number of nitrogens with one attached hydrogen (secondary N) is 1. The van der Waals surface area contributed by atoms with Crippen LogP contribution in [0.15, 0.2) is 45.6 Å². The first-order valence-corrected chi connectivity index (χ1v) is 6.85. The molecular weight excluding hydrogens is 268 g/mol. The molecular formula is C16H16N2O3. The second-order valence-corrected chi connectivity index (χ2v) is 4.90. The summed E-state index contributed by atoms with van der Waals surface area (Å²) < 4.78 is 10.7. The molecule has 0 unspecified atom stereocenters. The van der Waals surface area contributed by atoms with Gasteiger partial charge >= 0.3 is 5.76 Å². The molecule has 0 spiro atoms. The molecule has 0 atom stereocenters. The Balaban J connectivity index is 1.89. The van der Waals surface area contributed by atoms with Crippen molar-refractivity contribution in [2.45, 2.75) is 19.8 Å². The summed E-state index contributed by atoms with van der Waals surface area (Å²) in [6.07, 6.45) is 2.16. The number of hydrogen-bond donors (Lipinski definition) is 2. The number of H-pyrrole nitrogens is 1. The molecule has 0 aliphatic heterocycles. The fourth-order valence-corrected chi connectivity index (χ4v) is 2.22. The highest BCUT2D eigenvalue weighted by atomic mass is 16.5. The van der Waals surface area contributed by atoms with Crippen molar-refractivity contribution in [3.8, 4) is 11.5 Å². The Morgan fingerprint density at radius 3 is 2.71 bits per heavy atom. The minimum Gasteiger partial charge on any atom is -0.455 e. The first kappa shape index (κ1) is 13.3. The van der Waals surface area contributed by atoms with Crippen molar-refractivity contribution in [3.05, 3.63) is 52.5 Å². The molecule has 0 fully saturated rings. The van der Waals surface area contributed by atoms with Gasteiger partial charge in [-0.25, -0.2) is 4.79 Å². The van der Waals surface area contributed by atoms with Crippen molar-refractivity contribution in [1.29, 1.82) is 0 Å². The SMILES string of the molecule is CCCc1ccc(Oc2cc3[nH]c(=O)oc3cc2N)cc1. The molecule has 0 amide bonds. The van der Waals surface area contributed by atoms with Gasteiger partial charge in [0.25, 0.3) is 0 Å². The monoisotopic (exact) mass is 284 g/mol. The second kappa shape index (κ2) is 5.36. The van der Waals surface area contributed by atoms with Gasteiger partial charge in [0.2, 0.25) is 0 Å². The maximum atomic E-state index is 11.2. The zero-order chi connectivity index (χ0) is 14.8. The van der Waals surface area contributed by atoms with Crippen LogP contribution in [0.5, 0.6) is 11.5 Å². The van der Waals surface area contributed by atoms with Gasteiger partial charge in [0, 0.05) is 12.1 Å². The van der Waals surface area contributed by atoms with Crippen LogP contribution in [0.4, 0.5) is 5.69 Å². The predicted octanol–water partition coefficient (Wildman–Crippen LogP) is 3.45. The summed E-state index contributed by atoms with van der Waals surface area (Å²) >= 11 is 0. The number of anilines is 1. The largest absolute Gasteiger partial charge is 0.455 e. The quantitative estimate of drug-likeness (QED) is 0.719. The van der Waals surface area contributed by atoms with Crippen molar-refractivity contribution >= 4 is 16.8 Å². The smallest absolute Gasteiger partial charge is 0.417 e. The van der Waals surface area contributed by atoms with Crippen LogP contribution in [-0.2, 0) is 6.42 Å². The third-order valence-electron chi connectivity index (χ3n) is 3.24. The molecule has 5 nitrogen and oxygen atoms in total. The van der Waals surface area contributed by atoms with Crippen LogP contribution in [0.1, 0.15) is 18.9 Å². The van der Waals surface area contributed by atoms with Gasteiger partial charge in [0.15, 0.2) is 11.3 Å². The fraction of sp³-hybridized carbons (Fsp3) is 0.188. The molecule has 3 N–H and O–H groups in total. The van der Waals surface area contributed by atoms with E-state index in [4.69, 9.17) is 14.9 Å². The summed E-state index contributed by atoms with van der Waals surface area (Å²) in [6, 6.07) is 11.1. The molecule has 0 saturated heterocycles. The molecule has 0 bridgehead atoms. The minimum atomic E-state index is -0.509. The minimum absolute atomic E-state index is 0.419. The van der Waals surface area contributed by atoms with E-state index in [2.05, 4.69) is 11.9 Å². The molecule has 21 heavy (non-hydrogen) atoms. The average Bonchev–Trinajstić information content (AvgIpc) is 2.81. The zero-order valence-electron chi connectivity index (χ0n) is 11.7.